The van der Waals surface area contributed by atoms with Gasteiger partial charge in [-0.15, -0.1) is 0 Å². The Morgan fingerprint density at radius 1 is 0.875 bits per heavy atom. The first-order valence-corrected chi connectivity index (χ1v) is 13.2. The normalized spacial score (nSPS) is 11.8. The fraction of sp³-hybridized carbons (Fsp3) is 0.129. The fourth-order valence-electron chi connectivity index (χ4n) is 3.56. The zero-order valence-corrected chi connectivity index (χ0v) is 23.4. The third kappa shape index (κ3) is 8.09. The highest BCUT2D eigenvalue weighted by Crippen LogP contribution is 2.28. The van der Waals surface area contributed by atoms with Crippen LogP contribution in [0.2, 0.25) is 10.0 Å². The van der Waals surface area contributed by atoms with Crippen LogP contribution in [-0.4, -0.2) is 23.6 Å². The van der Waals surface area contributed by atoms with Crippen LogP contribution < -0.4 is 20.2 Å². The van der Waals surface area contributed by atoms with Crippen LogP contribution >= 0.6 is 23.2 Å². The number of amides is 2. The van der Waals surface area contributed by atoms with Crippen molar-refractivity contribution >= 4 is 46.4 Å². The van der Waals surface area contributed by atoms with Crippen LogP contribution in [0.5, 0.6) is 11.5 Å². The fourth-order valence-corrected chi connectivity index (χ4v) is 4.01. The molecular formula is C31H27Cl2N3O4. The molecule has 0 bridgehead atoms. The maximum absolute atomic E-state index is 12.6. The van der Waals surface area contributed by atoms with E-state index in [-0.39, 0.29) is 11.8 Å². The van der Waals surface area contributed by atoms with Crippen molar-refractivity contribution in [1.29, 1.82) is 0 Å². The Balaban J connectivity index is 1.27. The Kier molecular flexibility index (Phi) is 9.78. The summed E-state index contributed by atoms with van der Waals surface area (Å²) in [5.41, 5.74) is 6.03. The summed E-state index contributed by atoms with van der Waals surface area (Å²) in [6, 6.07) is 28.6. The molecule has 0 fully saturated rings. The molecule has 4 aromatic rings. The average molecular weight is 576 g/mol. The number of rotatable bonds is 10. The van der Waals surface area contributed by atoms with Gasteiger partial charge in [0.25, 0.3) is 11.8 Å². The van der Waals surface area contributed by atoms with E-state index in [1.807, 2.05) is 54.6 Å². The molecule has 2 amide bonds. The average Bonchev–Trinajstić information content (AvgIpc) is 2.97. The van der Waals surface area contributed by atoms with Crippen molar-refractivity contribution in [2.45, 2.75) is 26.6 Å². The van der Waals surface area contributed by atoms with Crippen LogP contribution in [0.3, 0.4) is 0 Å². The second kappa shape index (κ2) is 13.6. The Hall–Kier alpha value is -4.33. The molecular weight excluding hydrogens is 549 g/mol. The maximum atomic E-state index is 12.6. The van der Waals surface area contributed by atoms with Crippen LogP contribution in [-0.2, 0) is 11.4 Å². The number of anilines is 1. The largest absolute Gasteiger partial charge is 0.489 e. The molecule has 2 N–H and O–H groups in total. The topological polar surface area (TPSA) is 89.0 Å². The van der Waals surface area contributed by atoms with E-state index in [1.54, 1.807) is 50.2 Å². The number of carbonyl (C=O) groups is 2. The smallest absolute Gasteiger partial charge is 0.271 e. The van der Waals surface area contributed by atoms with Crippen molar-refractivity contribution in [1.82, 2.24) is 5.43 Å². The SMILES string of the molecule is C/C(=N/NC(=O)c1ccc(NC(=O)[C@H](C)Oc2ccc(Cl)cc2Cl)cc1)c1ccc(OCc2ccccc2)cc1. The Labute approximate surface area is 242 Å². The molecule has 7 nitrogen and oxygen atoms in total. The number of nitrogens with zero attached hydrogens (tertiary/aromatic N) is 1. The number of hydrazone groups is 1. The second-order valence-corrected chi connectivity index (χ2v) is 9.68. The molecule has 40 heavy (non-hydrogen) atoms. The van der Waals surface area contributed by atoms with Crippen LogP contribution in [0.15, 0.2) is 102 Å². The van der Waals surface area contributed by atoms with Gasteiger partial charge in [0, 0.05) is 16.3 Å². The molecule has 0 aliphatic carbocycles. The molecule has 204 valence electrons. The zero-order chi connectivity index (χ0) is 28.5. The first-order valence-electron chi connectivity index (χ1n) is 12.4. The van der Waals surface area contributed by atoms with Crippen molar-refractivity contribution < 1.29 is 19.1 Å². The number of benzene rings is 4. The molecule has 9 heteroatoms. The summed E-state index contributed by atoms with van der Waals surface area (Å²) in [7, 11) is 0. The first-order chi connectivity index (χ1) is 19.3. The number of halogens is 2. The lowest BCUT2D eigenvalue weighted by Gasteiger charge is -2.16. The molecule has 0 saturated carbocycles. The molecule has 0 radical (unpaired) electrons. The Morgan fingerprint density at radius 2 is 1.55 bits per heavy atom. The summed E-state index contributed by atoms with van der Waals surface area (Å²) < 4.78 is 11.4. The van der Waals surface area contributed by atoms with Crippen molar-refractivity contribution in [3.05, 3.63) is 124 Å². The minimum atomic E-state index is -0.816. The molecule has 0 aromatic heterocycles. The van der Waals surface area contributed by atoms with Gasteiger partial charge < -0.3 is 14.8 Å². The van der Waals surface area contributed by atoms with E-state index in [1.165, 1.54) is 6.07 Å². The molecule has 0 aliphatic heterocycles. The van der Waals surface area contributed by atoms with Gasteiger partial charge in [-0.2, -0.15) is 5.10 Å². The lowest BCUT2D eigenvalue weighted by molar-refractivity contribution is -0.122. The Bertz CT molecular complexity index is 1490. The highest BCUT2D eigenvalue weighted by Gasteiger charge is 2.17. The van der Waals surface area contributed by atoms with Gasteiger partial charge in [0.05, 0.1) is 10.7 Å². The van der Waals surface area contributed by atoms with E-state index in [0.717, 1.165) is 16.9 Å². The minimum Gasteiger partial charge on any atom is -0.489 e. The van der Waals surface area contributed by atoms with Crippen LogP contribution in [0, 0.1) is 0 Å². The number of hydrogen-bond donors (Lipinski definition) is 2. The van der Waals surface area contributed by atoms with E-state index in [9.17, 15) is 9.59 Å². The van der Waals surface area contributed by atoms with E-state index < -0.39 is 6.10 Å². The van der Waals surface area contributed by atoms with Crippen LogP contribution in [0.1, 0.15) is 35.3 Å². The van der Waals surface area contributed by atoms with E-state index >= 15 is 0 Å². The van der Waals surface area contributed by atoms with Crippen molar-refractivity contribution in [3.8, 4) is 11.5 Å². The number of hydrogen-bond acceptors (Lipinski definition) is 5. The third-order valence-electron chi connectivity index (χ3n) is 5.83. The van der Waals surface area contributed by atoms with Crippen LogP contribution in [0.4, 0.5) is 5.69 Å². The standard InChI is InChI=1S/C31H27Cl2N3O4/c1-20(23-10-15-27(16-11-23)39-19-22-6-4-3-5-7-22)35-36-31(38)24-8-13-26(14-9-24)34-30(37)21(2)40-29-17-12-25(32)18-28(29)33/h3-18,21H,19H2,1-2H3,(H,34,37)(H,36,38)/b35-20-/t21-/m0/s1. The van der Waals surface area contributed by atoms with E-state index in [0.29, 0.717) is 39.4 Å². The third-order valence-corrected chi connectivity index (χ3v) is 6.36. The van der Waals surface area contributed by atoms with E-state index in [2.05, 4.69) is 15.8 Å². The summed E-state index contributed by atoms with van der Waals surface area (Å²) in [4.78, 5) is 25.1. The highest BCUT2D eigenvalue weighted by molar-refractivity contribution is 6.35. The van der Waals surface area contributed by atoms with Crippen molar-refractivity contribution in [3.63, 3.8) is 0 Å². The minimum absolute atomic E-state index is 0.310. The van der Waals surface area contributed by atoms with Gasteiger partial charge in [0.1, 0.15) is 18.1 Å². The second-order valence-electron chi connectivity index (χ2n) is 8.84. The van der Waals surface area contributed by atoms with Gasteiger partial charge in [0.15, 0.2) is 6.10 Å². The predicted molar refractivity (Wildman–Crippen MR) is 159 cm³/mol. The van der Waals surface area contributed by atoms with E-state index in [4.69, 9.17) is 32.7 Å². The van der Waals surface area contributed by atoms with Gasteiger partial charge >= 0.3 is 0 Å². The van der Waals surface area contributed by atoms with Crippen molar-refractivity contribution in [2.24, 2.45) is 5.10 Å². The molecule has 0 saturated heterocycles. The maximum Gasteiger partial charge on any atom is 0.271 e. The van der Waals surface area contributed by atoms with Gasteiger partial charge in [-0.1, -0.05) is 53.5 Å². The highest BCUT2D eigenvalue weighted by atomic mass is 35.5. The number of ether oxygens (including phenoxy) is 2. The number of carbonyl (C=O) groups excluding carboxylic acids is 2. The quantitative estimate of drug-likeness (QED) is 0.155. The summed E-state index contributed by atoms with van der Waals surface area (Å²) in [5, 5.41) is 7.74. The molecule has 4 aromatic carbocycles. The van der Waals surface area contributed by atoms with Crippen molar-refractivity contribution in [2.75, 3.05) is 5.32 Å². The lowest BCUT2D eigenvalue weighted by Crippen LogP contribution is -2.30. The summed E-state index contributed by atoms with van der Waals surface area (Å²) in [6.45, 7) is 3.89. The zero-order valence-electron chi connectivity index (χ0n) is 21.9. The van der Waals surface area contributed by atoms with Gasteiger partial charge in [-0.05, 0) is 91.7 Å². The summed E-state index contributed by atoms with van der Waals surface area (Å²) >= 11 is 12.0. The molecule has 0 heterocycles. The number of nitrogens with one attached hydrogen (secondary N) is 2. The molecule has 0 aliphatic rings. The Morgan fingerprint density at radius 3 is 2.23 bits per heavy atom. The summed E-state index contributed by atoms with van der Waals surface area (Å²) in [5.74, 6) is 0.337. The van der Waals surface area contributed by atoms with Gasteiger partial charge in [0.2, 0.25) is 0 Å². The molecule has 0 unspecified atom stereocenters. The lowest BCUT2D eigenvalue weighted by atomic mass is 10.1. The predicted octanol–water partition coefficient (Wildman–Crippen LogP) is 7.13. The van der Waals surface area contributed by atoms with Crippen LogP contribution in [0.25, 0.3) is 0 Å². The van der Waals surface area contributed by atoms with Gasteiger partial charge in [-0.25, -0.2) is 5.43 Å². The summed E-state index contributed by atoms with van der Waals surface area (Å²) in [6.07, 6.45) is -0.816. The molecule has 4 rings (SSSR count). The monoisotopic (exact) mass is 575 g/mol. The molecule has 0 spiro atoms. The molecule has 1 atom stereocenters. The first kappa shape index (κ1) is 28.7. The van der Waals surface area contributed by atoms with Gasteiger partial charge in [-0.3, -0.25) is 9.59 Å².